The third kappa shape index (κ3) is 4.78. The largest absolute Gasteiger partial charge is 0.481 e. The van der Waals surface area contributed by atoms with Crippen LogP contribution < -0.4 is 5.32 Å². The SMILES string of the molecule is CC(C)n1nccc1[C@@H]1OCCC[C@H]1C(=O)Nc1cccc(CCC(=O)O)c1. The molecular formula is C21H27N3O4. The highest BCUT2D eigenvalue weighted by atomic mass is 16.5. The summed E-state index contributed by atoms with van der Waals surface area (Å²) in [7, 11) is 0. The summed E-state index contributed by atoms with van der Waals surface area (Å²) in [5.74, 6) is -1.22. The number of aromatic nitrogens is 2. The van der Waals surface area contributed by atoms with Gasteiger partial charge in [0.15, 0.2) is 0 Å². The number of benzene rings is 1. The Labute approximate surface area is 164 Å². The molecule has 7 heteroatoms. The molecule has 0 bridgehead atoms. The first-order valence-electron chi connectivity index (χ1n) is 9.72. The van der Waals surface area contributed by atoms with Crippen LogP contribution >= 0.6 is 0 Å². The summed E-state index contributed by atoms with van der Waals surface area (Å²) in [6.45, 7) is 4.73. The van der Waals surface area contributed by atoms with Crippen molar-refractivity contribution < 1.29 is 19.4 Å². The number of amides is 1. The normalized spacial score (nSPS) is 19.5. The number of carbonyl (C=O) groups excluding carboxylic acids is 1. The Kier molecular flexibility index (Phi) is 6.46. The predicted octanol–water partition coefficient (Wildman–Crippen LogP) is 3.59. The number of rotatable bonds is 7. The number of hydrogen-bond acceptors (Lipinski definition) is 4. The Morgan fingerprint density at radius 1 is 1.36 bits per heavy atom. The Morgan fingerprint density at radius 3 is 2.93 bits per heavy atom. The Hall–Kier alpha value is -2.67. The molecule has 0 saturated carbocycles. The second-order valence-corrected chi connectivity index (χ2v) is 7.42. The lowest BCUT2D eigenvalue weighted by Crippen LogP contribution is -2.34. The summed E-state index contributed by atoms with van der Waals surface area (Å²) in [5, 5.41) is 16.2. The van der Waals surface area contributed by atoms with Crippen LogP contribution in [0.2, 0.25) is 0 Å². The molecule has 2 atom stereocenters. The molecule has 1 fully saturated rings. The molecule has 0 unspecified atom stereocenters. The Morgan fingerprint density at radius 2 is 2.18 bits per heavy atom. The molecular weight excluding hydrogens is 358 g/mol. The van der Waals surface area contributed by atoms with Crippen molar-refractivity contribution in [3.05, 3.63) is 47.8 Å². The van der Waals surface area contributed by atoms with Gasteiger partial charge in [0, 0.05) is 31.0 Å². The number of anilines is 1. The van der Waals surface area contributed by atoms with E-state index in [2.05, 4.69) is 24.3 Å². The van der Waals surface area contributed by atoms with Gasteiger partial charge in [0.25, 0.3) is 0 Å². The zero-order valence-corrected chi connectivity index (χ0v) is 16.3. The van der Waals surface area contributed by atoms with Gasteiger partial charge >= 0.3 is 5.97 Å². The summed E-state index contributed by atoms with van der Waals surface area (Å²) in [6, 6.07) is 9.45. The van der Waals surface area contributed by atoms with Crippen molar-refractivity contribution in [3.8, 4) is 0 Å². The first-order valence-corrected chi connectivity index (χ1v) is 9.72. The van der Waals surface area contributed by atoms with Gasteiger partial charge in [0.2, 0.25) is 5.91 Å². The van der Waals surface area contributed by atoms with Gasteiger partial charge < -0.3 is 15.2 Å². The maximum atomic E-state index is 13.0. The van der Waals surface area contributed by atoms with Crippen LogP contribution in [0.5, 0.6) is 0 Å². The van der Waals surface area contributed by atoms with Crippen LogP contribution in [0.4, 0.5) is 5.69 Å². The van der Waals surface area contributed by atoms with E-state index >= 15 is 0 Å². The molecule has 2 heterocycles. The molecule has 28 heavy (non-hydrogen) atoms. The molecule has 1 aliphatic heterocycles. The minimum Gasteiger partial charge on any atom is -0.481 e. The number of carboxylic acid groups (broad SMARTS) is 1. The highest BCUT2D eigenvalue weighted by Crippen LogP contribution is 2.35. The minimum absolute atomic E-state index is 0.0646. The van der Waals surface area contributed by atoms with Crippen LogP contribution in [-0.4, -0.2) is 33.4 Å². The highest BCUT2D eigenvalue weighted by molar-refractivity contribution is 5.93. The fourth-order valence-corrected chi connectivity index (χ4v) is 3.61. The quantitative estimate of drug-likeness (QED) is 0.760. The van der Waals surface area contributed by atoms with Gasteiger partial charge in [-0.3, -0.25) is 14.3 Å². The van der Waals surface area contributed by atoms with Gasteiger partial charge in [-0.1, -0.05) is 12.1 Å². The van der Waals surface area contributed by atoms with Gasteiger partial charge in [0.05, 0.1) is 11.6 Å². The monoisotopic (exact) mass is 385 g/mol. The molecule has 0 aliphatic carbocycles. The topological polar surface area (TPSA) is 93.5 Å². The molecule has 0 spiro atoms. The van der Waals surface area contributed by atoms with Crippen LogP contribution in [0.15, 0.2) is 36.5 Å². The zero-order valence-electron chi connectivity index (χ0n) is 16.3. The predicted molar refractivity (Wildman–Crippen MR) is 105 cm³/mol. The number of nitrogens with zero attached hydrogens (tertiary/aromatic N) is 2. The van der Waals surface area contributed by atoms with Crippen molar-refractivity contribution in [1.82, 2.24) is 9.78 Å². The number of carbonyl (C=O) groups is 2. The summed E-state index contributed by atoms with van der Waals surface area (Å²) in [6.07, 6.45) is 3.50. The summed E-state index contributed by atoms with van der Waals surface area (Å²) < 4.78 is 7.89. The summed E-state index contributed by atoms with van der Waals surface area (Å²) >= 11 is 0. The molecule has 3 rings (SSSR count). The molecule has 1 saturated heterocycles. The number of aryl methyl sites for hydroxylation is 1. The first kappa shape index (κ1) is 20.1. The zero-order chi connectivity index (χ0) is 20.1. The van der Waals surface area contributed by atoms with Gasteiger partial charge in [-0.05, 0) is 56.9 Å². The second kappa shape index (κ2) is 9.01. The standard InChI is InChI=1S/C21H27N3O4/c1-14(2)24-18(10-11-22-24)20-17(7-4-12-28-20)21(27)23-16-6-3-5-15(13-16)8-9-19(25)26/h3,5-6,10-11,13-14,17,20H,4,7-9,12H2,1-2H3,(H,23,27)(H,25,26)/t17-,20-/m1/s1. The molecule has 7 nitrogen and oxygen atoms in total. The third-order valence-corrected chi connectivity index (χ3v) is 4.96. The average Bonchev–Trinajstić information content (AvgIpc) is 3.17. The molecule has 1 amide bonds. The highest BCUT2D eigenvalue weighted by Gasteiger charge is 2.35. The van der Waals surface area contributed by atoms with E-state index in [4.69, 9.17) is 9.84 Å². The van der Waals surface area contributed by atoms with Gasteiger partial charge in [-0.15, -0.1) is 0 Å². The van der Waals surface area contributed by atoms with Crippen molar-refractivity contribution >= 4 is 17.6 Å². The lowest BCUT2D eigenvalue weighted by Gasteiger charge is -2.31. The number of hydrogen-bond donors (Lipinski definition) is 2. The van der Waals surface area contributed by atoms with Gasteiger partial charge in [-0.25, -0.2) is 0 Å². The molecule has 1 aromatic heterocycles. The number of ether oxygens (including phenoxy) is 1. The molecule has 2 aromatic rings. The van der Waals surface area contributed by atoms with Crippen molar-refractivity contribution in [2.24, 2.45) is 5.92 Å². The maximum Gasteiger partial charge on any atom is 0.303 e. The minimum atomic E-state index is -0.835. The van der Waals surface area contributed by atoms with Crippen molar-refractivity contribution in [3.63, 3.8) is 0 Å². The molecule has 0 radical (unpaired) electrons. The average molecular weight is 385 g/mol. The number of carboxylic acids is 1. The van der Waals surface area contributed by atoms with Gasteiger partial charge in [-0.2, -0.15) is 5.10 Å². The summed E-state index contributed by atoms with van der Waals surface area (Å²) in [5.41, 5.74) is 2.48. The van der Waals surface area contributed by atoms with Crippen molar-refractivity contribution in [1.29, 1.82) is 0 Å². The number of aliphatic carboxylic acids is 1. The second-order valence-electron chi connectivity index (χ2n) is 7.42. The van der Waals surface area contributed by atoms with E-state index in [1.54, 1.807) is 6.20 Å². The van der Waals surface area contributed by atoms with Crippen LogP contribution in [0.1, 0.15) is 56.5 Å². The lowest BCUT2D eigenvalue weighted by molar-refractivity contribution is -0.137. The fraction of sp³-hybridized carbons (Fsp3) is 0.476. The fourth-order valence-electron chi connectivity index (χ4n) is 3.61. The Bertz CT molecular complexity index is 831. The number of nitrogens with one attached hydrogen (secondary N) is 1. The van der Waals surface area contributed by atoms with Gasteiger partial charge in [0.1, 0.15) is 6.10 Å². The van der Waals surface area contributed by atoms with Crippen LogP contribution in [0.25, 0.3) is 0 Å². The molecule has 150 valence electrons. The van der Waals surface area contributed by atoms with E-state index in [9.17, 15) is 9.59 Å². The summed E-state index contributed by atoms with van der Waals surface area (Å²) in [4.78, 5) is 23.8. The van der Waals surface area contributed by atoms with Crippen LogP contribution in [0.3, 0.4) is 0 Å². The van der Waals surface area contributed by atoms with E-state index < -0.39 is 5.97 Å². The third-order valence-electron chi connectivity index (χ3n) is 4.96. The smallest absolute Gasteiger partial charge is 0.303 e. The lowest BCUT2D eigenvalue weighted by atomic mass is 9.91. The maximum absolute atomic E-state index is 13.0. The van der Waals surface area contributed by atoms with Crippen LogP contribution in [-0.2, 0) is 20.7 Å². The molecule has 1 aliphatic rings. The van der Waals surface area contributed by atoms with Crippen molar-refractivity contribution in [2.45, 2.75) is 51.7 Å². The molecule has 2 N–H and O–H groups in total. The van der Waals surface area contributed by atoms with Crippen LogP contribution in [0, 0.1) is 5.92 Å². The van der Waals surface area contributed by atoms with E-state index in [0.717, 1.165) is 24.1 Å². The molecule has 1 aromatic carbocycles. The van der Waals surface area contributed by atoms with E-state index in [1.807, 2.05) is 35.0 Å². The first-order chi connectivity index (χ1) is 13.5. The van der Waals surface area contributed by atoms with E-state index in [0.29, 0.717) is 18.7 Å². The van der Waals surface area contributed by atoms with E-state index in [1.165, 1.54) is 0 Å². The Balaban J connectivity index is 1.74. The van der Waals surface area contributed by atoms with E-state index in [-0.39, 0.29) is 30.4 Å². The van der Waals surface area contributed by atoms with Crippen molar-refractivity contribution in [2.75, 3.05) is 11.9 Å².